The first-order valence-corrected chi connectivity index (χ1v) is 4.77. The number of nitrogens with one attached hydrogen (secondary N) is 3. The van der Waals surface area contributed by atoms with Crippen LogP contribution in [-0.2, 0) is 16.0 Å². The fraction of sp³-hybridized carbons (Fsp3) is 0.333. The van der Waals surface area contributed by atoms with E-state index in [9.17, 15) is 19.2 Å². The largest absolute Gasteiger partial charge is 0.274 e. The molecule has 8 heteroatoms. The van der Waals surface area contributed by atoms with Crippen molar-refractivity contribution in [3.8, 4) is 0 Å². The van der Waals surface area contributed by atoms with Gasteiger partial charge in [0.15, 0.2) is 0 Å². The van der Waals surface area contributed by atoms with Crippen LogP contribution >= 0.6 is 0 Å². The van der Waals surface area contributed by atoms with Crippen LogP contribution in [0.2, 0.25) is 0 Å². The standard InChI is InChI=1S/C9H12N4O4/c1-5(14)10-11-8(16)3-7-4-9(17)12-13(7)6(2)15/h4H,3H2,1-2H3,(H,10,14)(H,11,16)(H,12,17). The van der Waals surface area contributed by atoms with Gasteiger partial charge in [-0.05, 0) is 0 Å². The third kappa shape index (κ3) is 3.59. The zero-order chi connectivity index (χ0) is 13.0. The van der Waals surface area contributed by atoms with E-state index >= 15 is 0 Å². The van der Waals surface area contributed by atoms with Gasteiger partial charge in [-0.1, -0.05) is 0 Å². The number of aromatic nitrogens is 2. The molecule has 3 N–H and O–H groups in total. The summed E-state index contributed by atoms with van der Waals surface area (Å²) in [6.45, 7) is 2.49. The SMILES string of the molecule is CC(=O)NNC(=O)Cc1cc(=O)[nH]n1C(C)=O. The minimum Gasteiger partial charge on any atom is -0.274 e. The van der Waals surface area contributed by atoms with Crippen molar-refractivity contribution in [2.75, 3.05) is 0 Å². The van der Waals surface area contributed by atoms with E-state index in [4.69, 9.17) is 0 Å². The summed E-state index contributed by atoms with van der Waals surface area (Å²) in [4.78, 5) is 44.0. The summed E-state index contributed by atoms with van der Waals surface area (Å²) >= 11 is 0. The maximum Gasteiger partial charge on any atom is 0.264 e. The number of carbonyl (C=O) groups is 3. The van der Waals surface area contributed by atoms with E-state index in [0.29, 0.717) is 0 Å². The summed E-state index contributed by atoms with van der Waals surface area (Å²) in [5, 5.41) is 2.26. The topological polar surface area (TPSA) is 113 Å². The summed E-state index contributed by atoms with van der Waals surface area (Å²) in [6.07, 6.45) is -0.196. The third-order valence-corrected chi connectivity index (χ3v) is 1.84. The Labute approximate surface area is 95.9 Å². The molecule has 1 aromatic rings. The molecular weight excluding hydrogens is 228 g/mol. The van der Waals surface area contributed by atoms with Crippen LogP contribution in [0.25, 0.3) is 0 Å². The number of rotatable bonds is 2. The highest BCUT2D eigenvalue weighted by Gasteiger charge is 2.12. The van der Waals surface area contributed by atoms with Gasteiger partial charge in [-0.2, -0.15) is 0 Å². The number of amides is 2. The van der Waals surface area contributed by atoms with E-state index in [2.05, 4.69) is 16.0 Å². The second-order valence-electron chi connectivity index (χ2n) is 3.37. The molecule has 0 aliphatic carbocycles. The van der Waals surface area contributed by atoms with Crippen molar-refractivity contribution in [3.05, 3.63) is 22.1 Å². The highest BCUT2D eigenvalue weighted by Crippen LogP contribution is 1.96. The lowest BCUT2D eigenvalue weighted by molar-refractivity contribution is -0.127. The van der Waals surface area contributed by atoms with Crippen LogP contribution in [0.5, 0.6) is 0 Å². The van der Waals surface area contributed by atoms with Crippen molar-refractivity contribution in [1.29, 1.82) is 0 Å². The number of hydrogen-bond acceptors (Lipinski definition) is 4. The number of hydrazine groups is 1. The zero-order valence-electron chi connectivity index (χ0n) is 9.36. The second-order valence-corrected chi connectivity index (χ2v) is 3.37. The van der Waals surface area contributed by atoms with Crippen LogP contribution in [0.3, 0.4) is 0 Å². The average molecular weight is 240 g/mol. The molecule has 17 heavy (non-hydrogen) atoms. The molecule has 2 amide bonds. The minimum atomic E-state index is -0.533. The van der Waals surface area contributed by atoms with Crippen LogP contribution in [-0.4, -0.2) is 27.5 Å². The molecule has 0 radical (unpaired) electrons. The molecule has 0 saturated carbocycles. The highest BCUT2D eigenvalue weighted by molar-refractivity contribution is 5.83. The molecule has 0 unspecified atom stereocenters. The van der Waals surface area contributed by atoms with E-state index < -0.39 is 23.3 Å². The fourth-order valence-corrected chi connectivity index (χ4v) is 1.21. The van der Waals surface area contributed by atoms with Crippen molar-refractivity contribution >= 4 is 17.7 Å². The quantitative estimate of drug-likeness (QED) is 0.548. The first-order chi connectivity index (χ1) is 7.90. The number of H-pyrrole nitrogens is 1. The van der Waals surface area contributed by atoms with E-state index in [1.165, 1.54) is 13.8 Å². The van der Waals surface area contributed by atoms with Crippen LogP contribution in [0.15, 0.2) is 10.9 Å². The highest BCUT2D eigenvalue weighted by atomic mass is 16.2. The van der Waals surface area contributed by atoms with Gasteiger partial charge in [0.25, 0.3) is 5.56 Å². The molecule has 0 bridgehead atoms. The van der Waals surface area contributed by atoms with Crippen LogP contribution in [0, 0.1) is 0 Å². The smallest absolute Gasteiger partial charge is 0.264 e. The zero-order valence-corrected chi connectivity index (χ0v) is 9.36. The number of carbonyl (C=O) groups excluding carboxylic acids is 3. The van der Waals surface area contributed by atoms with E-state index in [1.54, 1.807) is 0 Å². The Morgan fingerprint density at radius 3 is 2.47 bits per heavy atom. The number of hydrogen-bond donors (Lipinski definition) is 3. The van der Waals surface area contributed by atoms with Gasteiger partial charge < -0.3 is 0 Å². The summed E-state index contributed by atoms with van der Waals surface area (Å²) in [5.41, 5.74) is 3.98. The van der Waals surface area contributed by atoms with Crippen molar-refractivity contribution in [1.82, 2.24) is 20.6 Å². The summed E-state index contributed by atoms with van der Waals surface area (Å²) in [7, 11) is 0. The minimum absolute atomic E-state index is 0.196. The predicted octanol–water partition coefficient (Wildman–Crippen LogP) is -1.45. The molecule has 0 aromatic carbocycles. The normalized spacial score (nSPS) is 9.76. The number of aromatic amines is 1. The summed E-state index contributed by atoms with van der Waals surface area (Å²) < 4.78 is 0.982. The lowest BCUT2D eigenvalue weighted by Crippen LogP contribution is -2.41. The summed E-state index contributed by atoms with van der Waals surface area (Å²) in [6, 6.07) is 1.15. The Morgan fingerprint density at radius 1 is 1.29 bits per heavy atom. The maximum atomic E-state index is 11.3. The lowest BCUT2D eigenvalue weighted by Gasteiger charge is -2.05. The Bertz CT molecular complexity index is 513. The molecule has 1 heterocycles. The Kier molecular flexibility index (Phi) is 3.81. The van der Waals surface area contributed by atoms with Crippen LogP contribution in [0.1, 0.15) is 24.3 Å². The molecule has 0 saturated heterocycles. The Morgan fingerprint density at radius 2 is 1.94 bits per heavy atom. The van der Waals surface area contributed by atoms with Gasteiger partial charge in [0.1, 0.15) is 0 Å². The maximum absolute atomic E-state index is 11.3. The molecule has 92 valence electrons. The molecule has 8 nitrogen and oxygen atoms in total. The van der Waals surface area contributed by atoms with Crippen molar-refractivity contribution in [3.63, 3.8) is 0 Å². The molecule has 0 atom stereocenters. The molecule has 0 aliphatic rings. The van der Waals surface area contributed by atoms with Gasteiger partial charge >= 0.3 is 0 Å². The Balaban J connectivity index is 2.74. The van der Waals surface area contributed by atoms with Crippen molar-refractivity contribution in [2.24, 2.45) is 0 Å². The Hall–Kier alpha value is -2.38. The predicted molar refractivity (Wildman–Crippen MR) is 57.0 cm³/mol. The molecular formula is C9H12N4O4. The number of nitrogens with zero attached hydrogens (tertiary/aromatic N) is 1. The average Bonchev–Trinajstić information content (AvgIpc) is 2.56. The molecule has 0 spiro atoms. The van der Waals surface area contributed by atoms with Gasteiger partial charge in [0.2, 0.25) is 17.7 Å². The van der Waals surface area contributed by atoms with Crippen molar-refractivity contribution < 1.29 is 14.4 Å². The van der Waals surface area contributed by atoms with E-state index in [1.807, 2.05) is 0 Å². The van der Waals surface area contributed by atoms with E-state index in [0.717, 1.165) is 10.7 Å². The second kappa shape index (κ2) is 5.10. The first kappa shape index (κ1) is 12.7. The van der Waals surface area contributed by atoms with Gasteiger partial charge in [0.05, 0.1) is 12.1 Å². The van der Waals surface area contributed by atoms with Crippen LogP contribution < -0.4 is 16.4 Å². The van der Waals surface area contributed by atoms with Gasteiger partial charge in [0, 0.05) is 19.9 Å². The molecule has 1 rings (SSSR count). The van der Waals surface area contributed by atoms with E-state index in [-0.39, 0.29) is 12.1 Å². The molecule has 0 aliphatic heterocycles. The van der Waals surface area contributed by atoms with Crippen molar-refractivity contribution in [2.45, 2.75) is 20.3 Å². The van der Waals surface area contributed by atoms with Gasteiger partial charge in [-0.25, -0.2) is 4.68 Å². The summed E-state index contributed by atoms with van der Waals surface area (Å²) in [5.74, 6) is -1.36. The lowest BCUT2D eigenvalue weighted by atomic mass is 10.3. The molecule has 0 fully saturated rings. The molecule has 1 aromatic heterocycles. The van der Waals surface area contributed by atoms with Gasteiger partial charge in [-0.3, -0.25) is 35.1 Å². The monoisotopic (exact) mass is 240 g/mol. The van der Waals surface area contributed by atoms with Crippen LogP contribution in [0.4, 0.5) is 0 Å². The van der Waals surface area contributed by atoms with Gasteiger partial charge in [-0.15, -0.1) is 0 Å². The first-order valence-electron chi connectivity index (χ1n) is 4.77. The third-order valence-electron chi connectivity index (χ3n) is 1.84. The fourth-order valence-electron chi connectivity index (χ4n) is 1.21.